The van der Waals surface area contributed by atoms with Gasteiger partial charge in [-0.25, -0.2) is 4.39 Å². The normalized spacial score (nSPS) is 14.9. The quantitative estimate of drug-likeness (QED) is 0.493. The summed E-state index contributed by atoms with van der Waals surface area (Å²) in [7, 11) is 1.46. The predicted octanol–water partition coefficient (Wildman–Crippen LogP) is 5.97. The Kier molecular flexibility index (Phi) is 8.74. The minimum Gasteiger partial charge on any atom is -0.494 e. The molecule has 0 radical (unpaired) electrons. The van der Waals surface area contributed by atoms with E-state index in [-0.39, 0.29) is 24.1 Å². The Hall–Kier alpha value is -3.38. The lowest BCUT2D eigenvalue weighted by atomic mass is 9.99. The van der Waals surface area contributed by atoms with Gasteiger partial charge in [-0.05, 0) is 60.8 Å². The monoisotopic (exact) mass is 476 g/mol. The maximum Gasteiger partial charge on any atom is 0.264 e. The number of carbonyl (C=O) groups excluding carboxylic acids is 1. The zero-order valence-corrected chi connectivity index (χ0v) is 20.3. The fourth-order valence-corrected chi connectivity index (χ4v) is 4.44. The van der Waals surface area contributed by atoms with Crippen LogP contribution in [0, 0.1) is 5.82 Å². The zero-order valence-electron chi connectivity index (χ0n) is 20.3. The molecule has 5 nitrogen and oxygen atoms in total. The van der Waals surface area contributed by atoms with Gasteiger partial charge in [-0.1, -0.05) is 55.7 Å². The summed E-state index contributed by atoms with van der Waals surface area (Å²) in [5, 5.41) is 3.50. The number of para-hydroxylation sites is 1. The highest BCUT2D eigenvalue weighted by atomic mass is 19.1. The van der Waals surface area contributed by atoms with Crippen LogP contribution in [0.4, 0.5) is 10.1 Å². The Bertz CT molecular complexity index is 1120. The van der Waals surface area contributed by atoms with E-state index in [2.05, 4.69) is 5.32 Å². The molecule has 1 aliphatic rings. The molecule has 0 spiro atoms. The predicted molar refractivity (Wildman–Crippen MR) is 137 cm³/mol. The fraction of sp³-hybridized carbons (Fsp3) is 0.345. The van der Waals surface area contributed by atoms with Gasteiger partial charge in [-0.3, -0.25) is 4.79 Å². The van der Waals surface area contributed by atoms with E-state index in [4.69, 9.17) is 9.47 Å². The summed E-state index contributed by atoms with van der Waals surface area (Å²) in [5.41, 5.74) is 3.02. The third-order valence-electron chi connectivity index (χ3n) is 6.32. The Morgan fingerprint density at radius 2 is 1.77 bits per heavy atom. The van der Waals surface area contributed by atoms with Gasteiger partial charge < -0.3 is 19.7 Å². The smallest absolute Gasteiger partial charge is 0.264 e. The van der Waals surface area contributed by atoms with Crippen LogP contribution in [0.1, 0.15) is 37.7 Å². The minimum absolute atomic E-state index is 0.0385. The molecule has 184 valence electrons. The van der Waals surface area contributed by atoms with Crippen molar-refractivity contribution in [1.82, 2.24) is 5.32 Å². The van der Waals surface area contributed by atoms with Crippen LogP contribution in [0.3, 0.4) is 0 Å². The van der Waals surface area contributed by atoms with E-state index in [0.29, 0.717) is 24.4 Å². The number of amides is 1. The fourth-order valence-electron chi connectivity index (χ4n) is 4.44. The van der Waals surface area contributed by atoms with Crippen molar-refractivity contribution >= 4 is 11.6 Å². The van der Waals surface area contributed by atoms with Crippen LogP contribution < -0.4 is 19.7 Å². The molecule has 4 rings (SSSR count). The molecule has 0 aromatic heterocycles. The highest BCUT2D eigenvalue weighted by Gasteiger charge is 2.21. The van der Waals surface area contributed by atoms with Crippen molar-refractivity contribution in [1.29, 1.82) is 0 Å². The van der Waals surface area contributed by atoms with Gasteiger partial charge in [0, 0.05) is 24.3 Å². The first kappa shape index (κ1) is 24.7. The number of methoxy groups -OCH3 is 1. The summed E-state index contributed by atoms with van der Waals surface area (Å²) in [6.45, 7) is 2.08. The molecule has 0 fully saturated rings. The van der Waals surface area contributed by atoms with E-state index < -0.39 is 0 Å². The second-order valence-electron chi connectivity index (χ2n) is 8.76. The number of rotatable bonds is 5. The summed E-state index contributed by atoms with van der Waals surface area (Å²) in [6, 6.07) is 20.3. The summed E-state index contributed by atoms with van der Waals surface area (Å²) in [6.07, 6.45) is 5.44. The molecule has 0 aliphatic carbocycles. The highest BCUT2D eigenvalue weighted by molar-refractivity contribution is 5.95. The molecule has 1 amide bonds. The van der Waals surface area contributed by atoms with Crippen LogP contribution in [0.15, 0.2) is 66.7 Å². The lowest BCUT2D eigenvalue weighted by molar-refractivity contribution is -0.120. The molecule has 0 saturated heterocycles. The molecule has 1 N–H and O–H groups in total. The number of anilines is 1. The number of hydrogen-bond donors (Lipinski definition) is 1. The van der Waals surface area contributed by atoms with Crippen molar-refractivity contribution < 1.29 is 18.7 Å². The summed E-state index contributed by atoms with van der Waals surface area (Å²) < 4.78 is 25.9. The van der Waals surface area contributed by atoms with E-state index in [1.165, 1.54) is 13.5 Å². The van der Waals surface area contributed by atoms with Gasteiger partial charge >= 0.3 is 0 Å². The average Bonchev–Trinajstić information content (AvgIpc) is 2.88. The minimum atomic E-state index is -0.389. The standard InChI is InChI=1S/C29H33FN2O3/c1-34-27-14-10-13-25(29(27)30)22-15-16-26-23(19-22)20-31-17-8-3-2-4-9-18-32(26)28(33)21-35-24-11-6-5-7-12-24/h5-7,10-16,19,31H,2-4,8-9,17-18,20-21H2,1H3. The molecular formula is C29H33FN2O3. The number of ether oxygens (including phenoxy) is 2. The van der Waals surface area contributed by atoms with E-state index in [0.717, 1.165) is 49.0 Å². The van der Waals surface area contributed by atoms with E-state index in [1.54, 1.807) is 18.2 Å². The Morgan fingerprint density at radius 3 is 2.60 bits per heavy atom. The average molecular weight is 477 g/mol. The molecule has 35 heavy (non-hydrogen) atoms. The van der Waals surface area contributed by atoms with Gasteiger partial charge in [0.15, 0.2) is 18.2 Å². The SMILES string of the molecule is COc1cccc(-c2ccc3c(c2)CNCCCCCCCN3C(=O)COc2ccccc2)c1F. The van der Waals surface area contributed by atoms with Gasteiger partial charge in [-0.2, -0.15) is 0 Å². The largest absolute Gasteiger partial charge is 0.494 e. The summed E-state index contributed by atoms with van der Waals surface area (Å²) in [4.78, 5) is 15.2. The van der Waals surface area contributed by atoms with Crippen molar-refractivity contribution in [2.75, 3.05) is 31.7 Å². The number of nitrogens with one attached hydrogen (secondary N) is 1. The van der Waals surface area contributed by atoms with Crippen molar-refractivity contribution in [2.45, 2.75) is 38.6 Å². The van der Waals surface area contributed by atoms with Crippen molar-refractivity contribution in [3.8, 4) is 22.6 Å². The van der Waals surface area contributed by atoms with Gasteiger partial charge in [0.05, 0.1) is 7.11 Å². The first-order valence-corrected chi connectivity index (χ1v) is 12.3. The number of halogens is 1. The second-order valence-corrected chi connectivity index (χ2v) is 8.76. The van der Waals surface area contributed by atoms with E-state index in [9.17, 15) is 9.18 Å². The van der Waals surface area contributed by atoms with Crippen LogP contribution in [0.2, 0.25) is 0 Å². The third-order valence-corrected chi connectivity index (χ3v) is 6.32. The lowest BCUT2D eigenvalue weighted by Crippen LogP contribution is -2.37. The number of hydrogen-bond acceptors (Lipinski definition) is 4. The Morgan fingerprint density at radius 1 is 0.971 bits per heavy atom. The van der Waals surface area contributed by atoms with Crippen LogP contribution in [0.25, 0.3) is 11.1 Å². The second kappa shape index (κ2) is 12.4. The third kappa shape index (κ3) is 6.40. The number of benzene rings is 3. The zero-order chi connectivity index (χ0) is 24.5. The Labute approximate surface area is 206 Å². The number of fused-ring (bicyclic) bond motifs is 1. The molecule has 3 aromatic rings. The number of nitrogens with zero attached hydrogens (tertiary/aromatic N) is 1. The maximum absolute atomic E-state index is 15.0. The molecule has 1 heterocycles. The molecular weight excluding hydrogens is 443 g/mol. The molecule has 0 saturated carbocycles. The van der Waals surface area contributed by atoms with Crippen molar-refractivity contribution in [2.24, 2.45) is 0 Å². The first-order valence-electron chi connectivity index (χ1n) is 12.3. The van der Waals surface area contributed by atoms with Gasteiger partial charge in [0.25, 0.3) is 5.91 Å². The molecule has 0 atom stereocenters. The van der Waals surface area contributed by atoms with Crippen LogP contribution in [0.5, 0.6) is 11.5 Å². The van der Waals surface area contributed by atoms with Crippen molar-refractivity contribution in [3.63, 3.8) is 0 Å². The van der Waals surface area contributed by atoms with Crippen LogP contribution in [-0.2, 0) is 11.3 Å². The molecule has 1 aliphatic heterocycles. The summed E-state index contributed by atoms with van der Waals surface area (Å²) >= 11 is 0. The van der Waals surface area contributed by atoms with Gasteiger partial charge in [0.1, 0.15) is 5.75 Å². The van der Waals surface area contributed by atoms with Gasteiger partial charge in [0.2, 0.25) is 0 Å². The van der Waals surface area contributed by atoms with E-state index >= 15 is 0 Å². The van der Waals surface area contributed by atoms with Crippen LogP contribution in [-0.4, -0.2) is 32.7 Å². The van der Waals surface area contributed by atoms with Crippen LogP contribution >= 0.6 is 0 Å². The molecule has 3 aromatic carbocycles. The molecule has 0 unspecified atom stereocenters. The highest BCUT2D eigenvalue weighted by Crippen LogP contribution is 2.33. The Balaban J connectivity index is 1.66. The topological polar surface area (TPSA) is 50.8 Å². The maximum atomic E-state index is 15.0. The number of carbonyl (C=O) groups is 1. The molecule has 6 heteroatoms. The first-order chi connectivity index (χ1) is 17.2. The van der Waals surface area contributed by atoms with Crippen molar-refractivity contribution in [3.05, 3.63) is 78.1 Å². The van der Waals surface area contributed by atoms with E-state index in [1.807, 2.05) is 53.4 Å². The van der Waals surface area contributed by atoms with Gasteiger partial charge in [-0.15, -0.1) is 0 Å². The summed E-state index contributed by atoms with van der Waals surface area (Å²) in [5.74, 6) is 0.400. The lowest BCUT2D eigenvalue weighted by Gasteiger charge is -2.27. The molecule has 0 bridgehead atoms.